The number of halogens is 1. The molecule has 1 unspecified atom stereocenters. The van der Waals surface area contributed by atoms with Gasteiger partial charge < -0.3 is 4.98 Å². The maximum atomic E-state index is 6.40. The van der Waals surface area contributed by atoms with E-state index in [1.165, 1.54) is 25.7 Å². The minimum absolute atomic E-state index is 0.154. The molecule has 3 heterocycles. The van der Waals surface area contributed by atoms with Gasteiger partial charge in [0.1, 0.15) is 11.8 Å². The normalized spacial score (nSPS) is 22.4. The minimum atomic E-state index is 0.154. The number of H-pyrrole nitrogens is 1. The molecule has 2 N–H and O–H groups in total. The molecule has 1 atom stereocenters. The predicted molar refractivity (Wildman–Crippen MR) is 90.6 cm³/mol. The Balaban J connectivity index is 1.67. The molecular weight excluding hydrogens is 296 g/mol. The zero-order chi connectivity index (χ0) is 14.9. The molecule has 1 fully saturated rings. The van der Waals surface area contributed by atoms with Crippen LogP contribution in [0.25, 0.3) is 11.0 Å². The Morgan fingerprint density at radius 1 is 1.27 bits per heavy atom. The average Bonchev–Trinajstić information content (AvgIpc) is 3.18. The molecule has 2 aromatic rings. The molecule has 0 radical (unpaired) electrons. The summed E-state index contributed by atoms with van der Waals surface area (Å²) >= 11 is 6.40. The SMILES string of the molecule is Clc1cnc2[nH]ccc2c1C1=NC(NC2CCCC2)CC=C1. The quantitative estimate of drug-likeness (QED) is 0.904. The first-order chi connectivity index (χ1) is 10.8. The van der Waals surface area contributed by atoms with E-state index in [4.69, 9.17) is 16.6 Å². The van der Waals surface area contributed by atoms with Crippen molar-refractivity contribution in [1.82, 2.24) is 15.3 Å². The van der Waals surface area contributed by atoms with Gasteiger partial charge in [0.25, 0.3) is 0 Å². The van der Waals surface area contributed by atoms with Crippen molar-refractivity contribution in [3.05, 3.63) is 41.2 Å². The zero-order valence-electron chi connectivity index (χ0n) is 12.3. The molecule has 0 aromatic carbocycles. The number of aromatic amines is 1. The van der Waals surface area contributed by atoms with Crippen molar-refractivity contribution in [2.45, 2.75) is 44.3 Å². The summed E-state index contributed by atoms with van der Waals surface area (Å²) in [4.78, 5) is 12.3. The first-order valence-electron chi connectivity index (χ1n) is 7.93. The highest BCUT2D eigenvalue weighted by Crippen LogP contribution is 2.27. The number of allylic oxidation sites excluding steroid dienone is 1. The van der Waals surface area contributed by atoms with Crippen molar-refractivity contribution in [2.24, 2.45) is 4.99 Å². The molecule has 4 rings (SSSR count). The number of hydrogen-bond donors (Lipinski definition) is 2. The number of aliphatic imine (C=N–C) groups is 1. The van der Waals surface area contributed by atoms with E-state index in [0.717, 1.165) is 28.7 Å². The van der Waals surface area contributed by atoms with E-state index in [2.05, 4.69) is 27.4 Å². The molecule has 1 aliphatic heterocycles. The molecule has 0 spiro atoms. The standard InChI is InChI=1S/C17H19ClN4/c18-13-10-20-17-12(8-9-19-17)16(13)14-6-3-7-15(22-14)21-11-4-1-2-5-11/h3,6,8-11,15,21H,1-2,4-5,7H2,(H,19,20). The fraction of sp³-hybridized carbons (Fsp3) is 0.412. The number of nitrogens with one attached hydrogen (secondary N) is 2. The Labute approximate surface area is 134 Å². The van der Waals surface area contributed by atoms with Gasteiger partial charge in [-0.3, -0.25) is 10.3 Å². The van der Waals surface area contributed by atoms with Crippen molar-refractivity contribution in [1.29, 1.82) is 0 Å². The van der Waals surface area contributed by atoms with Crippen LogP contribution in [-0.4, -0.2) is 27.9 Å². The summed E-state index contributed by atoms with van der Waals surface area (Å²) in [6.07, 6.45) is 14.1. The second-order valence-electron chi connectivity index (χ2n) is 6.04. The summed E-state index contributed by atoms with van der Waals surface area (Å²) in [5.41, 5.74) is 2.77. The van der Waals surface area contributed by atoms with E-state index in [9.17, 15) is 0 Å². The molecule has 1 saturated carbocycles. The van der Waals surface area contributed by atoms with Crippen molar-refractivity contribution >= 4 is 28.3 Å². The molecule has 1 aliphatic carbocycles. The third-order valence-corrected chi connectivity index (χ3v) is 4.80. The fourth-order valence-electron chi connectivity index (χ4n) is 3.43. The predicted octanol–water partition coefficient (Wildman–Crippen LogP) is 3.82. The Morgan fingerprint density at radius 2 is 2.14 bits per heavy atom. The zero-order valence-corrected chi connectivity index (χ0v) is 13.1. The molecule has 114 valence electrons. The summed E-state index contributed by atoms with van der Waals surface area (Å²) in [6.45, 7) is 0. The highest BCUT2D eigenvalue weighted by Gasteiger charge is 2.21. The number of aromatic nitrogens is 2. The Bertz CT molecular complexity index is 740. The number of pyridine rings is 1. The van der Waals surface area contributed by atoms with Gasteiger partial charge in [0.2, 0.25) is 0 Å². The molecule has 22 heavy (non-hydrogen) atoms. The number of rotatable bonds is 3. The van der Waals surface area contributed by atoms with Crippen molar-refractivity contribution in [3.63, 3.8) is 0 Å². The molecule has 5 heteroatoms. The van der Waals surface area contributed by atoms with Crippen LogP contribution in [0.3, 0.4) is 0 Å². The lowest BCUT2D eigenvalue weighted by Gasteiger charge is -2.22. The van der Waals surface area contributed by atoms with Crippen LogP contribution in [0, 0.1) is 0 Å². The van der Waals surface area contributed by atoms with E-state index in [-0.39, 0.29) is 6.17 Å². The highest BCUT2D eigenvalue weighted by atomic mass is 35.5. The fourth-order valence-corrected chi connectivity index (χ4v) is 3.68. The van der Waals surface area contributed by atoms with Crippen molar-refractivity contribution in [3.8, 4) is 0 Å². The molecule has 2 aliphatic rings. The summed E-state index contributed by atoms with van der Waals surface area (Å²) in [7, 11) is 0. The van der Waals surface area contributed by atoms with Gasteiger partial charge in [0, 0.05) is 35.8 Å². The van der Waals surface area contributed by atoms with Gasteiger partial charge >= 0.3 is 0 Å². The van der Waals surface area contributed by atoms with Gasteiger partial charge in [-0.05, 0) is 25.0 Å². The van der Waals surface area contributed by atoms with Crippen LogP contribution in [-0.2, 0) is 0 Å². The lowest BCUT2D eigenvalue weighted by Crippen LogP contribution is -2.36. The summed E-state index contributed by atoms with van der Waals surface area (Å²) < 4.78 is 0. The molecule has 0 bridgehead atoms. The van der Waals surface area contributed by atoms with Crippen LogP contribution in [0.2, 0.25) is 5.02 Å². The first-order valence-corrected chi connectivity index (χ1v) is 8.31. The smallest absolute Gasteiger partial charge is 0.138 e. The summed E-state index contributed by atoms with van der Waals surface area (Å²) in [5.74, 6) is 0. The molecule has 0 amide bonds. The van der Waals surface area contributed by atoms with Crippen LogP contribution < -0.4 is 5.32 Å². The van der Waals surface area contributed by atoms with Gasteiger partial charge in [0.05, 0.1) is 10.7 Å². The maximum absolute atomic E-state index is 6.40. The van der Waals surface area contributed by atoms with E-state index < -0.39 is 0 Å². The third-order valence-electron chi connectivity index (χ3n) is 4.51. The minimum Gasteiger partial charge on any atom is -0.346 e. The van der Waals surface area contributed by atoms with Crippen LogP contribution in [0.4, 0.5) is 0 Å². The summed E-state index contributed by atoms with van der Waals surface area (Å²) in [6, 6.07) is 2.62. The van der Waals surface area contributed by atoms with Crippen LogP contribution in [0.1, 0.15) is 37.7 Å². The highest BCUT2D eigenvalue weighted by molar-refractivity contribution is 6.36. The first kappa shape index (κ1) is 14.0. The largest absolute Gasteiger partial charge is 0.346 e. The summed E-state index contributed by atoms with van der Waals surface area (Å²) in [5, 5.41) is 5.35. The number of fused-ring (bicyclic) bond motifs is 1. The van der Waals surface area contributed by atoms with E-state index >= 15 is 0 Å². The van der Waals surface area contributed by atoms with Gasteiger partial charge in [-0.2, -0.15) is 0 Å². The second kappa shape index (κ2) is 5.86. The van der Waals surface area contributed by atoms with Crippen LogP contribution >= 0.6 is 11.6 Å². The van der Waals surface area contributed by atoms with Crippen LogP contribution in [0.15, 0.2) is 35.6 Å². The average molecular weight is 315 g/mol. The molecular formula is C17H19ClN4. The monoisotopic (exact) mass is 314 g/mol. The van der Waals surface area contributed by atoms with Gasteiger partial charge in [-0.25, -0.2) is 4.98 Å². The molecule has 0 saturated heterocycles. The van der Waals surface area contributed by atoms with Crippen LogP contribution in [0.5, 0.6) is 0 Å². The maximum Gasteiger partial charge on any atom is 0.138 e. The number of hydrogen-bond acceptors (Lipinski definition) is 3. The Hall–Kier alpha value is -1.65. The van der Waals surface area contributed by atoms with Gasteiger partial charge in [-0.15, -0.1) is 0 Å². The molecule has 4 nitrogen and oxygen atoms in total. The lowest BCUT2D eigenvalue weighted by atomic mass is 10.0. The van der Waals surface area contributed by atoms with E-state index in [1.54, 1.807) is 6.20 Å². The number of nitrogens with zero attached hydrogens (tertiary/aromatic N) is 2. The van der Waals surface area contributed by atoms with Gasteiger partial charge in [-0.1, -0.05) is 30.5 Å². The Kier molecular flexibility index (Phi) is 3.72. The molecule has 2 aromatic heterocycles. The topological polar surface area (TPSA) is 53.1 Å². The van der Waals surface area contributed by atoms with Crippen molar-refractivity contribution < 1.29 is 0 Å². The van der Waals surface area contributed by atoms with Gasteiger partial charge in [0.15, 0.2) is 0 Å². The second-order valence-corrected chi connectivity index (χ2v) is 6.44. The third kappa shape index (κ3) is 2.57. The van der Waals surface area contributed by atoms with E-state index in [1.807, 2.05) is 12.3 Å². The van der Waals surface area contributed by atoms with E-state index in [0.29, 0.717) is 11.1 Å². The Morgan fingerprint density at radius 3 is 3.00 bits per heavy atom. The van der Waals surface area contributed by atoms with Crippen molar-refractivity contribution in [2.75, 3.05) is 0 Å². The number of dihydropyridines is 1. The lowest BCUT2D eigenvalue weighted by molar-refractivity contribution is 0.440.